The quantitative estimate of drug-likeness (QED) is 0.828. The van der Waals surface area contributed by atoms with Crippen molar-refractivity contribution in [1.29, 1.82) is 0 Å². The Hall–Kier alpha value is -1.81. The number of fused-ring (bicyclic) bond motifs is 3. The molecule has 2 aromatic rings. The van der Waals surface area contributed by atoms with E-state index in [4.69, 9.17) is 0 Å². The van der Waals surface area contributed by atoms with E-state index in [1.807, 2.05) is 11.0 Å². The van der Waals surface area contributed by atoms with Gasteiger partial charge in [-0.05, 0) is 68.7 Å². The third-order valence-corrected chi connectivity index (χ3v) is 6.89. The number of nitrogens with zero attached hydrogens (tertiary/aromatic N) is 1. The summed E-state index contributed by atoms with van der Waals surface area (Å²) in [4.78, 5) is 18.5. The number of nitrogens with one attached hydrogen (secondary N) is 2. The molecule has 1 atom stereocenters. The van der Waals surface area contributed by atoms with Gasteiger partial charge in [-0.3, -0.25) is 4.79 Å². The highest BCUT2D eigenvalue weighted by Gasteiger charge is 2.27. The van der Waals surface area contributed by atoms with Crippen LogP contribution in [0.5, 0.6) is 0 Å². The molecule has 1 aromatic heterocycles. The van der Waals surface area contributed by atoms with Gasteiger partial charge < -0.3 is 15.2 Å². The highest BCUT2D eigenvalue weighted by atomic mass is 16.2. The molecule has 1 aromatic carbocycles. The average Bonchev–Trinajstić information content (AvgIpc) is 3.36. The van der Waals surface area contributed by atoms with E-state index >= 15 is 0 Å². The van der Waals surface area contributed by atoms with Gasteiger partial charge in [0.15, 0.2) is 0 Å². The number of hydrogen-bond acceptors (Lipinski definition) is 2. The van der Waals surface area contributed by atoms with Crippen LogP contribution in [0.15, 0.2) is 18.2 Å². The fourth-order valence-corrected chi connectivity index (χ4v) is 5.42. The zero-order chi connectivity index (χ0) is 18.2. The molecule has 0 spiro atoms. The molecule has 3 aliphatic rings. The van der Waals surface area contributed by atoms with Gasteiger partial charge in [0.1, 0.15) is 0 Å². The third kappa shape index (κ3) is 3.29. The summed E-state index contributed by atoms with van der Waals surface area (Å²) in [6, 6.07) is 7.40. The molecule has 5 rings (SSSR count). The number of hydrogen-bond donors (Lipinski definition) is 2. The second kappa shape index (κ2) is 7.31. The fourth-order valence-electron chi connectivity index (χ4n) is 5.42. The van der Waals surface area contributed by atoms with E-state index in [0.29, 0.717) is 12.1 Å². The highest BCUT2D eigenvalue weighted by Crippen LogP contribution is 2.36. The second-order valence-corrected chi connectivity index (χ2v) is 8.72. The van der Waals surface area contributed by atoms with Crippen molar-refractivity contribution in [1.82, 2.24) is 15.2 Å². The van der Waals surface area contributed by atoms with Crippen molar-refractivity contribution in [2.75, 3.05) is 13.1 Å². The maximum atomic E-state index is 12.8. The molecule has 0 radical (unpaired) electrons. The van der Waals surface area contributed by atoms with E-state index < -0.39 is 0 Å². The molecular weight excluding hydrogens is 334 g/mol. The van der Waals surface area contributed by atoms with Crippen molar-refractivity contribution in [3.05, 3.63) is 35.0 Å². The lowest BCUT2D eigenvalue weighted by molar-refractivity contribution is 0.0793. The summed E-state index contributed by atoms with van der Waals surface area (Å²) >= 11 is 0. The number of likely N-dealkylation sites (tertiary alicyclic amines) is 1. The van der Waals surface area contributed by atoms with Crippen molar-refractivity contribution in [2.24, 2.45) is 0 Å². The van der Waals surface area contributed by atoms with Crippen LogP contribution in [0.2, 0.25) is 0 Å². The maximum absolute atomic E-state index is 12.8. The first-order valence-electron chi connectivity index (χ1n) is 11.0. The average molecular weight is 366 g/mol. The van der Waals surface area contributed by atoms with Gasteiger partial charge in [0.05, 0.1) is 0 Å². The number of H-pyrrole nitrogens is 1. The Morgan fingerprint density at radius 2 is 1.81 bits per heavy atom. The number of aromatic amines is 1. The standard InChI is InChI=1S/C23H31N3O/c27-23(26-13-4-5-14-26)16-11-12-20-19(15-16)18-9-6-10-21(22(18)25-20)24-17-7-2-1-3-8-17/h11-12,15,17,21,24-25H,1-10,13-14H2. The normalized spacial score (nSPS) is 23.7. The molecule has 2 fully saturated rings. The molecule has 1 saturated carbocycles. The summed E-state index contributed by atoms with van der Waals surface area (Å²) in [6.45, 7) is 1.82. The van der Waals surface area contributed by atoms with Crippen LogP contribution >= 0.6 is 0 Å². The molecule has 2 heterocycles. The highest BCUT2D eigenvalue weighted by molar-refractivity contribution is 5.99. The molecule has 1 unspecified atom stereocenters. The molecule has 1 amide bonds. The van der Waals surface area contributed by atoms with Gasteiger partial charge in [-0.1, -0.05) is 19.3 Å². The first-order valence-corrected chi connectivity index (χ1v) is 11.0. The van der Waals surface area contributed by atoms with Crippen molar-refractivity contribution in [3.63, 3.8) is 0 Å². The lowest BCUT2D eigenvalue weighted by atomic mass is 9.89. The number of aromatic nitrogens is 1. The van der Waals surface area contributed by atoms with Crippen LogP contribution in [-0.2, 0) is 6.42 Å². The van der Waals surface area contributed by atoms with Crippen LogP contribution < -0.4 is 5.32 Å². The van der Waals surface area contributed by atoms with Crippen molar-refractivity contribution >= 4 is 16.8 Å². The predicted molar refractivity (Wildman–Crippen MR) is 109 cm³/mol. The molecule has 2 aliphatic carbocycles. The predicted octanol–water partition coefficient (Wildman–Crippen LogP) is 4.70. The molecular formula is C23H31N3O. The molecule has 0 bridgehead atoms. The van der Waals surface area contributed by atoms with E-state index in [1.165, 1.54) is 67.1 Å². The molecule has 1 aliphatic heterocycles. The van der Waals surface area contributed by atoms with Gasteiger partial charge in [0.25, 0.3) is 5.91 Å². The van der Waals surface area contributed by atoms with E-state index in [0.717, 1.165) is 37.9 Å². The Bertz CT molecular complexity index is 828. The SMILES string of the molecule is O=C(c1ccc2[nH]c3c(c2c1)CCCC3NC1CCCCC1)N1CCCC1. The zero-order valence-electron chi connectivity index (χ0n) is 16.2. The number of benzene rings is 1. The molecule has 2 N–H and O–H groups in total. The Balaban J connectivity index is 1.43. The minimum absolute atomic E-state index is 0.206. The molecule has 4 nitrogen and oxygen atoms in total. The van der Waals surface area contributed by atoms with Crippen LogP contribution in [0.3, 0.4) is 0 Å². The van der Waals surface area contributed by atoms with Crippen LogP contribution in [0.25, 0.3) is 10.9 Å². The number of aryl methyl sites for hydroxylation is 1. The number of rotatable bonds is 3. The summed E-state index contributed by atoms with van der Waals surface area (Å²) in [6.07, 6.45) is 12.6. The summed E-state index contributed by atoms with van der Waals surface area (Å²) in [5.41, 5.74) is 4.87. The summed E-state index contributed by atoms with van der Waals surface area (Å²) in [5, 5.41) is 5.22. The summed E-state index contributed by atoms with van der Waals surface area (Å²) in [7, 11) is 0. The zero-order valence-corrected chi connectivity index (χ0v) is 16.2. The van der Waals surface area contributed by atoms with Gasteiger partial charge in [0.2, 0.25) is 0 Å². The lowest BCUT2D eigenvalue weighted by Gasteiger charge is -2.31. The van der Waals surface area contributed by atoms with Gasteiger partial charge in [-0.25, -0.2) is 0 Å². The topological polar surface area (TPSA) is 48.1 Å². The number of amides is 1. The first-order chi connectivity index (χ1) is 13.3. The Morgan fingerprint density at radius 1 is 1.00 bits per heavy atom. The number of carbonyl (C=O) groups excluding carboxylic acids is 1. The first kappa shape index (κ1) is 17.3. The van der Waals surface area contributed by atoms with Gasteiger partial charge in [-0.2, -0.15) is 0 Å². The van der Waals surface area contributed by atoms with Crippen LogP contribution in [-0.4, -0.2) is 34.9 Å². The molecule has 144 valence electrons. The number of carbonyl (C=O) groups is 1. The van der Waals surface area contributed by atoms with Gasteiger partial charge in [-0.15, -0.1) is 0 Å². The maximum Gasteiger partial charge on any atom is 0.253 e. The van der Waals surface area contributed by atoms with E-state index in [9.17, 15) is 4.79 Å². The van der Waals surface area contributed by atoms with Crippen LogP contribution in [0.1, 0.15) is 85.4 Å². The van der Waals surface area contributed by atoms with Crippen LogP contribution in [0, 0.1) is 0 Å². The van der Waals surface area contributed by atoms with E-state index in [2.05, 4.69) is 22.4 Å². The summed E-state index contributed by atoms with van der Waals surface area (Å²) < 4.78 is 0. The molecule has 1 saturated heterocycles. The van der Waals surface area contributed by atoms with Crippen LogP contribution in [0.4, 0.5) is 0 Å². The monoisotopic (exact) mass is 365 g/mol. The second-order valence-electron chi connectivity index (χ2n) is 8.72. The Morgan fingerprint density at radius 3 is 2.63 bits per heavy atom. The minimum atomic E-state index is 0.206. The van der Waals surface area contributed by atoms with Crippen molar-refractivity contribution in [3.8, 4) is 0 Å². The third-order valence-electron chi connectivity index (χ3n) is 6.89. The minimum Gasteiger partial charge on any atom is -0.357 e. The smallest absolute Gasteiger partial charge is 0.253 e. The summed E-state index contributed by atoms with van der Waals surface area (Å²) in [5.74, 6) is 0.206. The van der Waals surface area contributed by atoms with Gasteiger partial charge in [0, 0.05) is 47.3 Å². The molecule has 4 heteroatoms. The molecule has 27 heavy (non-hydrogen) atoms. The Kier molecular flexibility index (Phi) is 4.68. The Labute approximate surface area is 161 Å². The van der Waals surface area contributed by atoms with Crippen molar-refractivity contribution < 1.29 is 4.79 Å². The van der Waals surface area contributed by atoms with Crippen molar-refractivity contribution in [2.45, 2.75) is 76.3 Å². The largest absolute Gasteiger partial charge is 0.357 e. The van der Waals surface area contributed by atoms with E-state index in [-0.39, 0.29) is 5.91 Å². The van der Waals surface area contributed by atoms with E-state index in [1.54, 1.807) is 0 Å². The fraction of sp³-hybridized carbons (Fsp3) is 0.609. The lowest BCUT2D eigenvalue weighted by Crippen LogP contribution is -2.36. The van der Waals surface area contributed by atoms with Gasteiger partial charge >= 0.3 is 0 Å².